The van der Waals surface area contributed by atoms with Crippen molar-refractivity contribution in [3.63, 3.8) is 0 Å². The molecule has 0 spiro atoms. The number of nitrogens with one attached hydrogen (secondary N) is 1. The molecule has 0 saturated heterocycles. The van der Waals surface area contributed by atoms with Gasteiger partial charge in [-0.05, 0) is 13.3 Å². The lowest BCUT2D eigenvalue weighted by Crippen LogP contribution is -1.99. The Labute approximate surface area is 88.6 Å². The maximum Gasteiger partial charge on any atom is 0.183 e. The van der Waals surface area contributed by atoms with Crippen LogP contribution >= 0.6 is 11.3 Å². The molecule has 1 aromatic heterocycles. The third-order valence-electron chi connectivity index (χ3n) is 1.92. The van der Waals surface area contributed by atoms with Gasteiger partial charge in [-0.1, -0.05) is 24.7 Å². The molecule has 0 aliphatic carbocycles. The largest absolute Gasteiger partial charge is 0.361 e. The smallest absolute Gasteiger partial charge is 0.183 e. The van der Waals surface area contributed by atoms with Crippen molar-refractivity contribution >= 4 is 22.3 Å². The van der Waals surface area contributed by atoms with Gasteiger partial charge in [-0.25, -0.2) is 4.98 Å². The summed E-state index contributed by atoms with van der Waals surface area (Å²) in [5.74, 6) is 0.101. The average molecular weight is 212 g/mol. The monoisotopic (exact) mass is 212 g/mol. The highest BCUT2D eigenvalue weighted by molar-refractivity contribution is 7.17. The van der Waals surface area contributed by atoms with Crippen LogP contribution in [-0.2, 0) is 0 Å². The first-order valence-corrected chi connectivity index (χ1v) is 5.69. The second-order valence-corrected chi connectivity index (χ2v) is 4.27. The van der Waals surface area contributed by atoms with Crippen molar-refractivity contribution in [1.82, 2.24) is 4.98 Å². The van der Waals surface area contributed by atoms with Gasteiger partial charge in [0.05, 0.1) is 10.6 Å². The minimum absolute atomic E-state index is 0.101. The lowest BCUT2D eigenvalue weighted by Gasteiger charge is -1.98. The number of carbonyl (C=O) groups is 1. The van der Waals surface area contributed by atoms with Crippen LogP contribution < -0.4 is 5.32 Å². The Hall–Kier alpha value is -0.900. The number of nitrogens with zero attached hydrogens (tertiary/aromatic N) is 1. The number of Topliss-reactive ketones (excluding diaryl/α,β-unsaturated/α-hetero) is 1. The van der Waals surface area contributed by atoms with E-state index in [4.69, 9.17) is 0 Å². The van der Waals surface area contributed by atoms with Crippen molar-refractivity contribution < 1.29 is 4.79 Å². The van der Waals surface area contributed by atoms with E-state index in [1.807, 2.05) is 6.92 Å². The number of rotatable bonds is 5. The van der Waals surface area contributed by atoms with Crippen LogP contribution in [-0.4, -0.2) is 17.3 Å². The Morgan fingerprint density at radius 1 is 1.57 bits per heavy atom. The second-order valence-electron chi connectivity index (χ2n) is 3.27. The Morgan fingerprint density at radius 2 is 2.29 bits per heavy atom. The summed E-state index contributed by atoms with van der Waals surface area (Å²) in [6.45, 7) is 6.53. The lowest BCUT2D eigenvalue weighted by molar-refractivity contribution is 0.102. The average Bonchev–Trinajstić information content (AvgIpc) is 2.47. The fraction of sp³-hybridized carbons (Fsp3) is 0.600. The van der Waals surface area contributed by atoms with E-state index in [0.717, 1.165) is 35.1 Å². The number of anilines is 1. The van der Waals surface area contributed by atoms with Crippen LogP contribution in [0.25, 0.3) is 0 Å². The van der Waals surface area contributed by atoms with Crippen LogP contribution in [0.1, 0.15) is 42.1 Å². The highest BCUT2D eigenvalue weighted by atomic mass is 32.1. The molecule has 1 rings (SSSR count). The Morgan fingerprint density at radius 3 is 2.79 bits per heavy atom. The minimum Gasteiger partial charge on any atom is -0.361 e. The molecule has 78 valence electrons. The topological polar surface area (TPSA) is 42.0 Å². The highest BCUT2D eigenvalue weighted by Gasteiger charge is 2.10. The summed E-state index contributed by atoms with van der Waals surface area (Å²) in [6.07, 6.45) is 2.30. The summed E-state index contributed by atoms with van der Waals surface area (Å²) in [5.41, 5.74) is 0.835. The molecular weight excluding hydrogens is 196 g/mol. The fourth-order valence-corrected chi connectivity index (χ4v) is 2.06. The molecule has 0 radical (unpaired) electrons. The van der Waals surface area contributed by atoms with Crippen molar-refractivity contribution in [2.75, 3.05) is 11.9 Å². The zero-order valence-electron chi connectivity index (χ0n) is 8.89. The van der Waals surface area contributed by atoms with Gasteiger partial charge in [0.2, 0.25) is 0 Å². The van der Waals surface area contributed by atoms with Gasteiger partial charge in [0.15, 0.2) is 10.9 Å². The summed E-state index contributed by atoms with van der Waals surface area (Å²) in [5, 5.41) is 4.08. The van der Waals surface area contributed by atoms with Gasteiger partial charge >= 0.3 is 0 Å². The first-order valence-electron chi connectivity index (χ1n) is 4.87. The minimum atomic E-state index is 0.101. The summed E-state index contributed by atoms with van der Waals surface area (Å²) >= 11 is 1.45. The maximum atomic E-state index is 11.2. The van der Waals surface area contributed by atoms with E-state index in [0.29, 0.717) is 0 Å². The molecule has 0 atom stereocenters. The molecule has 1 heterocycles. The van der Waals surface area contributed by atoms with Crippen LogP contribution in [0.3, 0.4) is 0 Å². The number of unbranched alkanes of at least 4 members (excludes halogenated alkanes) is 1. The summed E-state index contributed by atoms with van der Waals surface area (Å²) in [4.78, 5) is 16.2. The van der Waals surface area contributed by atoms with E-state index in [9.17, 15) is 4.79 Å². The lowest BCUT2D eigenvalue weighted by atomic mass is 10.3. The third-order valence-corrected chi connectivity index (χ3v) is 3.14. The standard InChI is InChI=1S/C10H16N2OS/c1-4-5-6-11-10-12-7(2)9(14-10)8(3)13/h4-6H2,1-3H3,(H,11,12). The molecule has 0 aliphatic rings. The van der Waals surface area contributed by atoms with E-state index in [-0.39, 0.29) is 5.78 Å². The molecule has 0 aromatic carbocycles. The van der Waals surface area contributed by atoms with E-state index >= 15 is 0 Å². The summed E-state index contributed by atoms with van der Waals surface area (Å²) < 4.78 is 0. The first-order chi connectivity index (χ1) is 6.65. The van der Waals surface area contributed by atoms with Crippen LogP contribution in [0.4, 0.5) is 5.13 Å². The number of hydrogen-bond donors (Lipinski definition) is 1. The molecule has 1 aromatic rings. The van der Waals surface area contributed by atoms with E-state index < -0.39 is 0 Å². The molecule has 0 fully saturated rings. The molecule has 0 amide bonds. The van der Waals surface area contributed by atoms with Gasteiger partial charge in [0, 0.05) is 13.5 Å². The molecule has 0 unspecified atom stereocenters. The van der Waals surface area contributed by atoms with Gasteiger partial charge < -0.3 is 5.32 Å². The van der Waals surface area contributed by atoms with Crippen molar-refractivity contribution in [3.8, 4) is 0 Å². The van der Waals surface area contributed by atoms with Gasteiger partial charge in [-0.3, -0.25) is 4.79 Å². The number of thiazole rings is 1. The normalized spacial score (nSPS) is 10.2. The quantitative estimate of drug-likeness (QED) is 0.603. The maximum absolute atomic E-state index is 11.2. The molecule has 14 heavy (non-hydrogen) atoms. The van der Waals surface area contributed by atoms with Crippen molar-refractivity contribution in [2.24, 2.45) is 0 Å². The number of ketones is 1. The van der Waals surface area contributed by atoms with Crippen LogP contribution in [0.15, 0.2) is 0 Å². The number of hydrogen-bond acceptors (Lipinski definition) is 4. The first kappa shape index (κ1) is 11.2. The molecule has 4 heteroatoms. The Kier molecular flexibility index (Phi) is 4.07. The molecular formula is C10H16N2OS. The molecule has 1 N–H and O–H groups in total. The van der Waals surface area contributed by atoms with Gasteiger partial charge in [0.25, 0.3) is 0 Å². The van der Waals surface area contributed by atoms with E-state index in [1.165, 1.54) is 11.3 Å². The Balaban J connectivity index is 2.62. The van der Waals surface area contributed by atoms with Crippen LogP contribution in [0, 0.1) is 6.92 Å². The Bertz CT molecular complexity index is 320. The van der Waals surface area contributed by atoms with Crippen LogP contribution in [0.5, 0.6) is 0 Å². The number of aromatic nitrogens is 1. The van der Waals surface area contributed by atoms with Gasteiger partial charge in [-0.15, -0.1) is 0 Å². The number of carbonyl (C=O) groups excluding carboxylic acids is 1. The highest BCUT2D eigenvalue weighted by Crippen LogP contribution is 2.22. The van der Waals surface area contributed by atoms with Crippen molar-refractivity contribution in [3.05, 3.63) is 10.6 Å². The van der Waals surface area contributed by atoms with Crippen molar-refractivity contribution in [2.45, 2.75) is 33.6 Å². The summed E-state index contributed by atoms with van der Waals surface area (Å²) in [7, 11) is 0. The molecule has 0 aliphatic heterocycles. The summed E-state index contributed by atoms with van der Waals surface area (Å²) in [6, 6.07) is 0. The number of aryl methyl sites for hydroxylation is 1. The van der Waals surface area contributed by atoms with Crippen LogP contribution in [0.2, 0.25) is 0 Å². The molecule has 3 nitrogen and oxygen atoms in total. The SMILES string of the molecule is CCCCNc1nc(C)c(C(C)=O)s1. The predicted molar refractivity (Wildman–Crippen MR) is 60.3 cm³/mol. The van der Waals surface area contributed by atoms with Crippen molar-refractivity contribution in [1.29, 1.82) is 0 Å². The van der Waals surface area contributed by atoms with Gasteiger partial charge in [-0.2, -0.15) is 0 Å². The zero-order valence-corrected chi connectivity index (χ0v) is 9.70. The van der Waals surface area contributed by atoms with Gasteiger partial charge in [0.1, 0.15) is 0 Å². The molecule has 0 saturated carbocycles. The third kappa shape index (κ3) is 2.80. The zero-order chi connectivity index (χ0) is 10.6. The van der Waals surface area contributed by atoms with E-state index in [1.54, 1.807) is 6.92 Å². The fourth-order valence-electron chi connectivity index (χ4n) is 1.17. The second kappa shape index (κ2) is 5.10. The predicted octanol–water partition coefficient (Wildman–Crippen LogP) is 2.87. The van der Waals surface area contributed by atoms with E-state index in [2.05, 4.69) is 17.2 Å². The molecule has 0 bridgehead atoms.